The number of carbonyl (C=O) groups excluding carboxylic acids is 1. The van der Waals surface area contributed by atoms with E-state index < -0.39 is 0 Å². The van der Waals surface area contributed by atoms with E-state index in [2.05, 4.69) is 45.9 Å². The molecule has 2 aromatic rings. The van der Waals surface area contributed by atoms with Crippen molar-refractivity contribution in [1.82, 2.24) is 15.2 Å². The van der Waals surface area contributed by atoms with E-state index in [1.165, 1.54) is 5.56 Å². The van der Waals surface area contributed by atoms with Crippen molar-refractivity contribution in [3.05, 3.63) is 44.5 Å². The van der Waals surface area contributed by atoms with Crippen molar-refractivity contribution >= 4 is 34.7 Å². The van der Waals surface area contributed by atoms with Gasteiger partial charge in [-0.3, -0.25) is 9.69 Å². The highest BCUT2D eigenvalue weighted by atomic mass is 32.1. The highest BCUT2D eigenvalue weighted by Gasteiger charge is 2.18. The van der Waals surface area contributed by atoms with E-state index in [1.807, 2.05) is 12.3 Å². The third kappa shape index (κ3) is 5.27. The largest absolute Gasteiger partial charge is 0.351 e. The molecule has 0 fully saturated rings. The van der Waals surface area contributed by atoms with Crippen LogP contribution in [0.1, 0.15) is 36.2 Å². The minimum Gasteiger partial charge on any atom is -0.351 e. The van der Waals surface area contributed by atoms with Gasteiger partial charge in [0, 0.05) is 18.0 Å². The van der Waals surface area contributed by atoms with E-state index in [-0.39, 0.29) is 11.9 Å². The number of amides is 1. The lowest BCUT2D eigenvalue weighted by Crippen LogP contribution is -2.37. The molecule has 1 N–H and O–H groups in total. The monoisotopic (exact) mass is 349 g/mol. The number of nitrogens with zero attached hydrogens (tertiary/aromatic N) is 2. The molecule has 0 bridgehead atoms. The lowest BCUT2D eigenvalue weighted by molar-refractivity contribution is -0.116. The van der Waals surface area contributed by atoms with Crippen molar-refractivity contribution in [3.8, 4) is 0 Å². The van der Waals surface area contributed by atoms with Crippen LogP contribution in [-0.2, 0) is 4.79 Å². The van der Waals surface area contributed by atoms with Crippen molar-refractivity contribution < 1.29 is 4.79 Å². The Bertz CT molecular complexity index is 630. The molecule has 2 aromatic heterocycles. The summed E-state index contributed by atoms with van der Waals surface area (Å²) in [4.78, 5) is 18.7. The van der Waals surface area contributed by atoms with Crippen LogP contribution in [0.5, 0.6) is 0 Å². The predicted octanol–water partition coefficient (Wildman–Crippen LogP) is 3.73. The number of hydrogen-bond acceptors (Lipinski definition) is 5. The summed E-state index contributed by atoms with van der Waals surface area (Å²) in [6, 6.07) is 2.35. The van der Waals surface area contributed by atoms with Crippen LogP contribution in [0.25, 0.3) is 6.08 Å². The summed E-state index contributed by atoms with van der Waals surface area (Å²) in [7, 11) is 0. The van der Waals surface area contributed by atoms with Crippen LogP contribution in [0.3, 0.4) is 0 Å². The molecule has 0 aliphatic rings. The molecule has 124 valence electrons. The fourth-order valence-corrected chi connectivity index (χ4v) is 3.75. The molecular weight excluding hydrogens is 326 g/mol. The zero-order valence-electron chi connectivity index (χ0n) is 13.8. The second-order valence-corrected chi connectivity index (χ2v) is 7.01. The van der Waals surface area contributed by atoms with Crippen molar-refractivity contribution in [3.63, 3.8) is 0 Å². The first-order valence-electron chi connectivity index (χ1n) is 7.78. The summed E-state index contributed by atoms with van der Waals surface area (Å²) in [5.41, 5.74) is 2.10. The van der Waals surface area contributed by atoms with Crippen LogP contribution in [0.4, 0.5) is 0 Å². The summed E-state index contributed by atoms with van der Waals surface area (Å²) in [6.45, 7) is 8.78. The molecule has 4 nitrogen and oxygen atoms in total. The van der Waals surface area contributed by atoms with Gasteiger partial charge in [-0.05, 0) is 48.5 Å². The van der Waals surface area contributed by atoms with Crippen LogP contribution >= 0.6 is 22.7 Å². The van der Waals surface area contributed by atoms with Gasteiger partial charge in [0.05, 0.1) is 16.7 Å². The molecule has 0 radical (unpaired) electrons. The smallest absolute Gasteiger partial charge is 0.244 e. The molecule has 0 aliphatic heterocycles. The maximum atomic E-state index is 12.1. The average molecular weight is 350 g/mol. The number of likely N-dealkylation sites (N-methyl/N-ethyl adjacent to an activating group) is 1. The second kappa shape index (κ2) is 8.96. The van der Waals surface area contributed by atoms with Gasteiger partial charge in [0.1, 0.15) is 0 Å². The Kier molecular flexibility index (Phi) is 6.95. The summed E-state index contributed by atoms with van der Waals surface area (Å²) < 4.78 is 0. The van der Waals surface area contributed by atoms with E-state index in [0.717, 1.165) is 23.8 Å². The number of hydrogen-bond donors (Lipinski definition) is 1. The summed E-state index contributed by atoms with van der Waals surface area (Å²) in [6.07, 6.45) is 3.32. The molecule has 0 aliphatic carbocycles. The van der Waals surface area contributed by atoms with Gasteiger partial charge in [-0.15, -0.1) is 11.3 Å². The van der Waals surface area contributed by atoms with E-state index in [4.69, 9.17) is 0 Å². The maximum Gasteiger partial charge on any atom is 0.244 e. The first-order valence-corrected chi connectivity index (χ1v) is 9.60. The van der Waals surface area contributed by atoms with Crippen molar-refractivity contribution in [2.75, 3.05) is 19.6 Å². The number of thiophene rings is 1. The predicted molar refractivity (Wildman–Crippen MR) is 98.9 cm³/mol. The minimum absolute atomic E-state index is 0.0805. The second-order valence-electron chi connectivity index (χ2n) is 5.16. The SMILES string of the molecule is CCN(CC)C(CNC(=O)/C=C/c1csc(C)n1)c1ccsc1. The van der Waals surface area contributed by atoms with Gasteiger partial charge in [0.25, 0.3) is 0 Å². The highest BCUT2D eigenvalue weighted by molar-refractivity contribution is 7.09. The van der Waals surface area contributed by atoms with Gasteiger partial charge in [-0.1, -0.05) is 13.8 Å². The number of nitrogens with one attached hydrogen (secondary N) is 1. The number of carbonyl (C=O) groups is 1. The highest BCUT2D eigenvalue weighted by Crippen LogP contribution is 2.22. The Balaban J connectivity index is 1.95. The van der Waals surface area contributed by atoms with E-state index in [0.29, 0.717) is 6.54 Å². The van der Waals surface area contributed by atoms with Gasteiger partial charge >= 0.3 is 0 Å². The van der Waals surface area contributed by atoms with Gasteiger partial charge in [0.15, 0.2) is 0 Å². The zero-order chi connectivity index (χ0) is 16.7. The van der Waals surface area contributed by atoms with Gasteiger partial charge in [-0.25, -0.2) is 4.98 Å². The van der Waals surface area contributed by atoms with E-state index in [9.17, 15) is 4.79 Å². The third-order valence-corrected chi connectivity index (χ3v) is 5.19. The summed E-state index contributed by atoms with van der Waals surface area (Å²) in [5.74, 6) is -0.0805. The normalized spacial score (nSPS) is 12.9. The van der Waals surface area contributed by atoms with Crippen LogP contribution in [0.2, 0.25) is 0 Å². The first kappa shape index (κ1) is 17.8. The Morgan fingerprint density at radius 2 is 2.17 bits per heavy atom. The lowest BCUT2D eigenvalue weighted by atomic mass is 10.1. The molecular formula is C17H23N3OS2. The Morgan fingerprint density at radius 3 is 2.74 bits per heavy atom. The molecule has 0 saturated carbocycles. The maximum absolute atomic E-state index is 12.1. The van der Waals surface area contributed by atoms with Gasteiger partial charge < -0.3 is 5.32 Å². The molecule has 1 unspecified atom stereocenters. The van der Waals surface area contributed by atoms with Crippen molar-refractivity contribution in [2.45, 2.75) is 26.8 Å². The quantitative estimate of drug-likeness (QED) is 0.739. The fraction of sp³-hybridized carbons (Fsp3) is 0.412. The Hall–Kier alpha value is -1.50. The molecule has 1 amide bonds. The molecule has 23 heavy (non-hydrogen) atoms. The topological polar surface area (TPSA) is 45.2 Å². The fourth-order valence-electron chi connectivity index (χ4n) is 2.46. The van der Waals surface area contributed by atoms with Crippen molar-refractivity contribution in [1.29, 1.82) is 0 Å². The Labute approximate surface area is 145 Å². The molecule has 0 saturated heterocycles. The molecule has 0 aromatic carbocycles. The lowest BCUT2D eigenvalue weighted by Gasteiger charge is -2.29. The first-order chi connectivity index (χ1) is 11.1. The number of aryl methyl sites for hydroxylation is 1. The van der Waals surface area contributed by atoms with Crippen LogP contribution in [0.15, 0.2) is 28.3 Å². The number of thiazole rings is 1. The molecule has 0 spiro atoms. The van der Waals surface area contributed by atoms with E-state index in [1.54, 1.807) is 34.8 Å². The summed E-state index contributed by atoms with van der Waals surface area (Å²) >= 11 is 3.27. The van der Waals surface area contributed by atoms with Crippen LogP contribution < -0.4 is 5.32 Å². The molecule has 1 atom stereocenters. The molecule has 2 heterocycles. The van der Waals surface area contributed by atoms with Crippen LogP contribution in [0, 0.1) is 6.92 Å². The van der Waals surface area contributed by atoms with E-state index >= 15 is 0 Å². The molecule has 2 rings (SSSR count). The Morgan fingerprint density at radius 1 is 1.39 bits per heavy atom. The standard InChI is InChI=1S/C17H23N3OS2/c1-4-20(5-2)16(14-8-9-22-11-14)10-18-17(21)7-6-15-12-23-13(3)19-15/h6-9,11-12,16H,4-5,10H2,1-3H3,(H,18,21)/b7-6+. The van der Waals surface area contributed by atoms with Gasteiger partial charge in [-0.2, -0.15) is 11.3 Å². The van der Waals surface area contributed by atoms with Gasteiger partial charge in [0.2, 0.25) is 5.91 Å². The number of rotatable bonds is 8. The zero-order valence-corrected chi connectivity index (χ0v) is 15.4. The number of aromatic nitrogens is 1. The van der Waals surface area contributed by atoms with Crippen LogP contribution in [-0.4, -0.2) is 35.4 Å². The summed E-state index contributed by atoms with van der Waals surface area (Å²) in [5, 5.41) is 10.2. The minimum atomic E-state index is -0.0805. The average Bonchev–Trinajstić information content (AvgIpc) is 3.21. The molecule has 6 heteroatoms. The third-order valence-electron chi connectivity index (χ3n) is 3.69. The van der Waals surface area contributed by atoms with Crippen molar-refractivity contribution in [2.24, 2.45) is 0 Å².